The van der Waals surface area contributed by atoms with Gasteiger partial charge in [-0.15, -0.1) is 0 Å². The second-order valence-electron chi connectivity index (χ2n) is 4.14. The topological polar surface area (TPSA) is 73.1 Å². The zero-order valence-electron chi connectivity index (χ0n) is 10.3. The molecule has 0 saturated heterocycles. The molecule has 2 rings (SSSR count). The number of amides is 1. The van der Waals surface area contributed by atoms with Crippen molar-refractivity contribution in [2.45, 2.75) is 6.92 Å². The summed E-state index contributed by atoms with van der Waals surface area (Å²) in [4.78, 5) is 11.9. The Bertz CT molecular complexity index is 655. The first-order valence-electron chi connectivity index (χ1n) is 5.71. The molecule has 0 fully saturated rings. The van der Waals surface area contributed by atoms with Crippen LogP contribution in [0.4, 0.5) is 5.69 Å². The van der Waals surface area contributed by atoms with Crippen LogP contribution in [0.1, 0.15) is 21.5 Å². The van der Waals surface area contributed by atoms with Gasteiger partial charge in [-0.1, -0.05) is 6.07 Å². The Balaban J connectivity index is 2.16. The number of aryl methyl sites for hydroxylation is 1. The van der Waals surface area contributed by atoms with Crippen molar-refractivity contribution in [3.05, 3.63) is 59.2 Å². The number of carbonyl (C=O) groups is 1. The van der Waals surface area contributed by atoms with Gasteiger partial charge in [0, 0.05) is 17.3 Å². The Morgan fingerprint density at radius 2 is 1.89 bits per heavy atom. The molecule has 4 heteroatoms. The minimum atomic E-state index is -0.284. The van der Waals surface area contributed by atoms with Crippen LogP contribution < -0.4 is 5.32 Å². The second kappa shape index (κ2) is 5.23. The van der Waals surface area contributed by atoms with Crippen molar-refractivity contribution in [2.24, 2.45) is 0 Å². The number of aromatic hydroxyl groups is 1. The van der Waals surface area contributed by atoms with Crippen LogP contribution in [0.3, 0.4) is 0 Å². The van der Waals surface area contributed by atoms with E-state index in [1.807, 2.05) is 6.07 Å². The fourth-order valence-electron chi connectivity index (χ4n) is 1.59. The summed E-state index contributed by atoms with van der Waals surface area (Å²) in [6.45, 7) is 1.78. The van der Waals surface area contributed by atoms with E-state index < -0.39 is 0 Å². The zero-order chi connectivity index (χ0) is 13.8. The van der Waals surface area contributed by atoms with Crippen molar-refractivity contribution in [3.8, 4) is 11.8 Å². The molecule has 0 atom stereocenters. The van der Waals surface area contributed by atoms with Crippen LogP contribution in [0.15, 0.2) is 42.5 Å². The number of hydrogen-bond acceptors (Lipinski definition) is 3. The number of rotatable bonds is 2. The molecule has 2 aromatic rings. The number of nitrogens with one attached hydrogen (secondary N) is 1. The molecule has 0 heterocycles. The van der Waals surface area contributed by atoms with E-state index in [1.165, 1.54) is 6.07 Å². The minimum Gasteiger partial charge on any atom is -0.508 e. The van der Waals surface area contributed by atoms with Gasteiger partial charge in [-0.3, -0.25) is 4.79 Å². The summed E-state index contributed by atoms with van der Waals surface area (Å²) in [5.41, 5.74) is 2.23. The smallest absolute Gasteiger partial charge is 0.255 e. The maximum Gasteiger partial charge on any atom is 0.255 e. The van der Waals surface area contributed by atoms with Gasteiger partial charge >= 0.3 is 0 Å². The van der Waals surface area contributed by atoms with Gasteiger partial charge in [-0.05, 0) is 42.8 Å². The van der Waals surface area contributed by atoms with Gasteiger partial charge in [0.2, 0.25) is 0 Å². The summed E-state index contributed by atoms with van der Waals surface area (Å²) >= 11 is 0. The van der Waals surface area contributed by atoms with E-state index in [2.05, 4.69) is 5.32 Å². The van der Waals surface area contributed by atoms with E-state index in [-0.39, 0.29) is 11.7 Å². The number of nitrogens with zero attached hydrogens (tertiary/aromatic N) is 1. The van der Waals surface area contributed by atoms with Gasteiger partial charge in [0.25, 0.3) is 5.91 Å². The number of phenols is 1. The van der Waals surface area contributed by atoms with Crippen molar-refractivity contribution < 1.29 is 9.90 Å². The molecule has 19 heavy (non-hydrogen) atoms. The van der Waals surface area contributed by atoms with Gasteiger partial charge in [0.15, 0.2) is 0 Å². The second-order valence-corrected chi connectivity index (χ2v) is 4.14. The number of hydrogen-bond donors (Lipinski definition) is 2. The molecule has 94 valence electrons. The van der Waals surface area contributed by atoms with E-state index in [4.69, 9.17) is 5.26 Å². The highest BCUT2D eigenvalue weighted by Crippen LogP contribution is 2.21. The summed E-state index contributed by atoms with van der Waals surface area (Å²) in [5.74, 6) is -0.148. The highest BCUT2D eigenvalue weighted by molar-refractivity contribution is 6.04. The lowest BCUT2D eigenvalue weighted by atomic mass is 10.1. The summed E-state index contributed by atoms with van der Waals surface area (Å²) in [6, 6.07) is 13.3. The van der Waals surface area contributed by atoms with Gasteiger partial charge in [-0.25, -0.2) is 0 Å². The first-order valence-corrected chi connectivity index (χ1v) is 5.71. The predicted molar refractivity (Wildman–Crippen MR) is 72.0 cm³/mol. The van der Waals surface area contributed by atoms with Crippen LogP contribution in [-0.4, -0.2) is 11.0 Å². The molecule has 0 spiro atoms. The van der Waals surface area contributed by atoms with E-state index in [9.17, 15) is 9.90 Å². The molecule has 0 aliphatic carbocycles. The van der Waals surface area contributed by atoms with E-state index in [0.717, 1.165) is 5.56 Å². The fraction of sp³-hybridized carbons (Fsp3) is 0.0667. The molecule has 1 amide bonds. The molecule has 0 saturated carbocycles. The third kappa shape index (κ3) is 2.90. The fourth-order valence-corrected chi connectivity index (χ4v) is 1.59. The zero-order valence-corrected chi connectivity index (χ0v) is 10.3. The van der Waals surface area contributed by atoms with Gasteiger partial charge < -0.3 is 10.4 Å². The molecule has 4 nitrogen and oxygen atoms in total. The lowest BCUT2D eigenvalue weighted by Crippen LogP contribution is -2.11. The molecule has 0 aliphatic rings. The molecule has 0 bridgehead atoms. The number of phenolic OH excluding ortho intramolecular Hbond substituents is 1. The van der Waals surface area contributed by atoms with Crippen molar-refractivity contribution in [1.82, 2.24) is 0 Å². The van der Waals surface area contributed by atoms with Crippen molar-refractivity contribution in [1.29, 1.82) is 5.26 Å². The van der Waals surface area contributed by atoms with Crippen molar-refractivity contribution in [3.63, 3.8) is 0 Å². The molecule has 2 aromatic carbocycles. The van der Waals surface area contributed by atoms with Gasteiger partial charge in [-0.2, -0.15) is 5.26 Å². The normalized spacial score (nSPS) is 9.68. The summed E-state index contributed by atoms with van der Waals surface area (Å²) < 4.78 is 0. The lowest BCUT2D eigenvalue weighted by Gasteiger charge is -2.07. The predicted octanol–water partition coefficient (Wildman–Crippen LogP) is 2.82. The van der Waals surface area contributed by atoms with Crippen LogP contribution in [-0.2, 0) is 0 Å². The van der Waals surface area contributed by atoms with Crippen LogP contribution >= 0.6 is 0 Å². The number of anilines is 1. The summed E-state index contributed by atoms with van der Waals surface area (Å²) in [7, 11) is 0. The van der Waals surface area contributed by atoms with Crippen LogP contribution in [0.25, 0.3) is 0 Å². The molecule has 2 N–H and O–H groups in total. The standard InChI is InChI=1S/C15H12N2O2/c1-10-2-7-13(8-14(10)18)17-15(19)12-5-3-11(9-16)4-6-12/h2-8,18H,1H3,(H,17,19). The molecular weight excluding hydrogens is 240 g/mol. The first-order chi connectivity index (χ1) is 9.10. The maximum absolute atomic E-state index is 11.9. The Hall–Kier alpha value is -2.80. The Morgan fingerprint density at radius 3 is 2.47 bits per heavy atom. The van der Waals surface area contributed by atoms with Gasteiger partial charge in [0.05, 0.1) is 11.6 Å². The number of benzene rings is 2. The molecule has 0 aliphatic heterocycles. The van der Waals surface area contributed by atoms with Crippen LogP contribution in [0.2, 0.25) is 0 Å². The average molecular weight is 252 g/mol. The average Bonchev–Trinajstić information content (AvgIpc) is 2.43. The molecule has 0 aromatic heterocycles. The van der Waals surface area contributed by atoms with Crippen LogP contribution in [0.5, 0.6) is 5.75 Å². The molecule has 0 radical (unpaired) electrons. The van der Waals surface area contributed by atoms with Gasteiger partial charge in [0.1, 0.15) is 5.75 Å². The third-order valence-electron chi connectivity index (χ3n) is 2.74. The highest BCUT2D eigenvalue weighted by atomic mass is 16.3. The highest BCUT2D eigenvalue weighted by Gasteiger charge is 2.07. The van der Waals surface area contributed by atoms with Crippen LogP contribution in [0, 0.1) is 18.3 Å². The first kappa shape index (κ1) is 12.7. The minimum absolute atomic E-state index is 0.137. The van der Waals surface area contributed by atoms with E-state index in [1.54, 1.807) is 43.3 Å². The quantitative estimate of drug-likeness (QED) is 0.863. The van der Waals surface area contributed by atoms with Crippen molar-refractivity contribution in [2.75, 3.05) is 5.32 Å². The van der Waals surface area contributed by atoms with Crippen molar-refractivity contribution >= 4 is 11.6 Å². The van der Waals surface area contributed by atoms with E-state index in [0.29, 0.717) is 16.8 Å². The monoisotopic (exact) mass is 252 g/mol. The molecular formula is C15H12N2O2. The Labute approximate surface area is 110 Å². The Kier molecular flexibility index (Phi) is 3.48. The molecule has 0 unspecified atom stereocenters. The van der Waals surface area contributed by atoms with E-state index >= 15 is 0 Å². The largest absolute Gasteiger partial charge is 0.508 e. The Morgan fingerprint density at radius 1 is 1.21 bits per heavy atom. The maximum atomic E-state index is 11.9. The lowest BCUT2D eigenvalue weighted by molar-refractivity contribution is 0.102. The third-order valence-corrected chi connectivity index (χ3v) is 2.74. The SMILES string of the molecule is Cc1ccc(NC(=O)c2ccc(C#N)cc2)cc1O. The summed E-state index contributed by atoms with van der Waals surface area (Å²) in [6.07, 6.45) is 0. The summed E-state index contributed by atoms with van der Waals surface area (Å²) in [5, 5.41) is 20.9. The number of nitriles is 1. The number of carbonyl (C=O) groups excluding carboxylic acids is 1.